The molecule has 29 heavy (non-hydrogen) atoms. The third kappa shape index (κ3) is 4.11. The molecule has 0 aliphatic carbocycles. The number of rotatable bonds is 5. The first-order chi connectivity index (χ1) is 13.9. The van der Waals surface area contributed by atoms with E-state index < -0.39 is 11.6 Å². The summed E-state index contributed by atoms with van der Waals surface area (Å²) in [5, 5.41) is 4.37. The van der Waals surface area contributed by atoms with Gasteiger partial charge in [-0.1, -0.05) is 0 Å². The van der Waals surface area contributed by atoms with E-state index in [0.717, 1.165) is 18.2 Å². The molecule has 8 heteroatoms. The Balaban J connectivity index is 1.41. The van der Waals surface area contributed by atoms with Gasteiger partial charge in [0.1, 0.15) is 11.6 Å². The molecule has 0 saturated carbocycles. The van der Waals surface area contributed by atoms with Crippen molar-refractivity contribution in [3.05, 3.63) is 65.6 Å². The molecule has 1 fully saturated rings. The quantitative estimate of drug-likeness (QED) is 0.718. The number of nitrogens with zero attached hydrogens (tertiary/aromatic N) is 4. The van der Waals surface area contributed by atoms with Gasteiger partial charge in [-0.15, -0.1) is 0 Å². The lowest BCUT2D eigenvalue weighted by molar-refractivity contribution is -0.136. The molecule has 150 valence electrons. The summed E-state index contributed by atoms with van der Waals surface area (Å²) in [4.78, 5) is 18.7. The summed E-state index contributed by atoms with van der Waals surface area (Å²) in [6.07, 6.45) is 2.78. The minimum Gasteiger partial charge on any atom is -0.397 e. The van der Waals surface area contributed by atoms with E-state index in [1.165, 1.54) is 12.1 Å². The second-order valence-corrected chi connectivity index (χ2v) is 7.38. The van der Waals surface area contributed by atoms with E-state index in [1.807, 2.05) is 19.3 Å². The number of aryl methyl sites for hydroxylation is 1. The van der Waals surface area contributed by atoms with Gasteiger partial charge in [-0.25, -0.2) is 8.78 Å². The second kappa shape index (κ2) is 7.62. The fourth-order valence-corrected chi connectivity index (χ4v) is 3.53. The lowest BCUT2D eigenvalue weighted by Gasteiger charge is -2.39. The SMILES string of the molecule is Cn1ccc(CC2CN(C(=O)Cc3nc(-c4ccc(F)cc4F)ccc3N)C2)n1. The summed E-state index contributed by atoms with van der Waals surface area (Å²) in [6.45, 7) is 1.34. The number of hydrogen-bond acceptors (Lipinski definition) is 4. The Morgan fingerprint density at radius 3 is 2.69 bits per heavy atom. The maximum absolute atomic E-state index is 14.1. The van der Waals surface area contributed by atoms with Crippen molar-refractivity contribution in [2.75, 3.05) is 18.8 Å². The van der Waals surface area contributed by atoms with Crippen molar-refractivity contribution in [3.8, 4) is 11.3 Å². The maximum Gasteiger partial charge on any atom is 0.228 e. The van der Waals surface area contributed by atoms with Crippen LogP contribution < -0.4 is 5.73 Å². The molecule has 6 nitrogen and oxygen atoms in total. The number of aromatic nitrogens is 3. The maximum atomic E-state index is 14.1. The predicted molar refractivity (Wildman–Crippen MR) is 105 cm³/mol. The van der Waals surface area contributed by atoms with Gasteiger partial charge in [-0.3, -0.25) is 14.5 Å². The van der Waals surface area contributed by atoms with Crippen molar-refractivity contribution in [1.29, 1.82) is 0 Å². The lowest BCUT2D eigenvalue weighted by atomic mass is 9.94. The highest BCUT2D eigenvalue weighted by Gasteiger charge is 2.31. The molecule has 1 aliphatic heterocycles. The van der Waals surface area contributed by atoms with Crippen LogP contribution in [0.15, 0.2) is 42.6 Å². The number of benzene rings is 1. The van der Waals surface area contributed by atoms with Crippen molar-refractivity contribution in [2.45, 2.75) is 12.8 Å². The van der Waals surface area contributed by atoms with E-state index in [2.05, 4.69) is 10.1 Å². The molecular formula is C21H21F2N5O. The Bertz CT molecular complexity index is 1060. The smallest absolute Gasteiger partial charge is 0.228 e. The van der Waals surface area contributed by atoms with E-state index in [9.17, 15) is 13.6 Å². The van der Waals surface area contributed by atoms with Gasteiger partial charge in [0.25, 0.3) is 0 Å². The lowest BCUT2D eigenvalue weighted by Crippen LogP contribution is -2.51. The number of nitrogen functional groups attached to an aromatic ring is 1. The third-order valence-corrected chi connectivity index (χ3v) is 5.11. The standard InChI is InChI=1S/C21H21F2N5O/c1-27-7-6-15(26-27)8-13-11-28(12-13)21(29)10-20-18(24)4-5-19(25-20)16-3-2-14(22)9-17(16)23/h2-7,9,13H,8,10-12,24H2,1H3. The molecule has 1 saturated heterocycles. The summed E-state index contributed by atoms with van der Waals surface area (Å²) in [6, 6.07) is 8.44. The molecular weight excluding hydrogens is 376 g/mol. The zero-order valence-corrected chi connectivity index (χ0v) is 16.0. The van der Waals surface area contributed by atoms with E-state index >= 15 is 0 Å². The summed E-state index contributed by atoms with van der Waals surface area (Å²) >= 11 is 0. The Morgan fingerprint density at radius 2 is 2.00 bits per heavy atom. The molecule has 3 heterocycles. The van der Waals surface area contributed by atoms with Crippen molar-refractivity contribution < 1.29 is 13.6 Å². The van der Waals surface area contributed by atoms with Gasteiger partial charge in [-0.2, -0.15) is 5.10 Å². The summed E-state index contributed by atoms with van der Waals surface area (Å²) < 4.78 is 29.0. The number of carbonyl (C=O) groups is 1. The first-order valence-electron chi connectivity index (χ1n) is 9.36. The zero-order chi connectivity index (χ0) is 20.5. The predicted octanol–water partition coefficient (Wildman–Crippen LogP) is 2.59. The van der Waals surface area contributed by atoms with Crippen molar-refractivity contribution in [3.63, 3.8) is 0 Å². The minimum absolute atomic E-state index is 0.0405. The van der Waals surface area contributed by atoms with Crippen LogP contribution in [0.5, 0.6) is 0 Å². The molecule has 0 unspecified atom stereocenters. The van der Waals surface area contributed by atoms with Crippen LogP contribution in [0.4, 0.5) is 14.5 Å². The summed E-state index contributed by atoms with van der Waals surface area (Å²) in [5.74, 6) is -1.05. The number of anilines is 1. The molecule has 4 rings (SSSR count). The topological polar surface area (TPSA) is 77.0 Å². The number of nitrogens with two attached hydrogens (primary N) is 1. The van der Waals surface area contributed by atoms with Crippen LogP contribution in [-0.2, 0) is 24.7 Å². The van der Waals surface area contributed by atoms with Crippen molar-refractivity contribution in [1.82, 2.24) is 19.7 Å². The van der Waals surface area contributed by atoms with Gasteiger partial charge >= 0.3 is 0 Å². The molecule has 0 atom stereocenters. The van der Waals surface area contributed by atoms with E-state index in [4.69, 9.17) is 5.73 Å². The third-order valence-electron chi connectivity index (χ3n) is 5.11. The van der Waals surface area contributed by atoms with Crippen LogP contribution in [0, 0.1) is 17.6 Å². The number of likely N-dealkylation sites (tertiary alicyclic amines) is 1. The Labute approximate surface area is 167 Å². The Morgan fingerprint density at radius 1 is 1.21 bits per heavy atom. The highest BCUT2D eigenvalue weighted by Crippen LogP contribution is 2.25. The summed E-state index contributed by atoms with van der Waals surface area (Å²) in [5.41, 5.74) is 8.24. The average Bonchev–Trinajstić information content (AvgIpc) is 3.05. The van der Waals surface area contributed by atoms with Gasteiger partial charge in [0.15, 0.2) is 0 Å². The number of carbonyl (C=O) groups excluding carboxylic acids is 1. The number of hydrogen-bond donors (Lipinski definition) is 1. The van der Waals surface area contributed by atoms with Crippen LogP contribution in [-0.4, -0.2) is 38.7 Å². The van der Waals surface area contributed by atoms with Crippen LogP contribution in [0.2, 0.25) is 0 Å². The fourth-order valence-electron chi connectivity index (χ4n) is 3.53. The first-order valence-corrected chi connectivity index (χ1v) is 9.36. The molecule has 1 amide bonds. The number of pyridine rings is 1. The average molecular weight is 397 g/mol. The number of halogens is 2. The zero-order valence-electron chi connectivity index (χ0n) is 16.0. The van der Waals surface area contributed by atoms with Gasteiger partial charge in [0.2, 0.25) is 5.91 Å². The van der Waals surface area contributed by atoms with Gasteiger partial charge < -0.3 is 10.6 Å². The molecule has 0 radical (unpaired) electrons. The van der Waals surface area contributed by atoms with Gasteiger partial charge in [-0.05, 0) is 42.7 Å². The molecule has 2 aromatic heterocycles. The number of amides is 1. The largest absolute Gasteiger partial charge is 0.397 e. The highest BCUT2D eigenvalue weighted by atomic mass is 19.1. The van der Waals surface area contributed by atoms with Crippen LogP contribution in [0.1, 0.15) is 11.4 Å². The molecule has 1 aromatic carbocycles. The molecule has 3 aromatic rings. The Hall–Kier alpha value is -3.29. The molecule has 2 N–H and O–H groups in total. The summed E-state index contributed by atoms with van der Waals surface area (Å²) in [7, 11) is 1.88. The second-order valence-electron chi connectivity index (χ2n) is 7.38. The van der Waals surface area contributed by atoms with Crippen molar-refractivity contribution >= 4 is 11.6 Å². The normalized spacial score (nSPS) is 14.1. The van der Waals surface area contributed by atoms with Crippen LogP contribution in [0.3, 0.4) is 0 Å². The monoisotopic (exact) mass is 397 g/mol. The van der Waals surface area contributed by atoms with E-state index in [0.29, 0.717) is 36.1 Å². The van der Waals surface area contributed by atoms with Crippen molar-refractivity contribution in [2.24, 2.45) is 13.0 Å². The molecule has 0 spiro atoms. The highest BCUT2D eigenvalue weighted by molar-refractivity contribution is 5.81. The van der Waals surface area contributed by atoms with Crippen LogP contribution >= 0.6 is 0 Å². The van der Waals surface area contributed by atoms with Crippen LogP contribution in [0.25, 0.3) is 11.3 Å². The van der Waals surface area contributed by atoms with E-state index in [-0.39, 0.29) is 17.9 Å². The van der Waals surface area contributed by atoms with Gasteiger partial charge in [0.05, 0.1) is 29.2 Å². The van der Waals surface area contributed by atoms with Gasteiger partial charge in [0, 0.05) is 38.0 Å². The molecule has 1 aliphatic rings. The minimum atomic E-state index is -0.709. The molecule has 0 bridgehead atoms. The van der Waals surface area contributed by atoms with E-state index in [1.54, 1.807) is 21.7 Å². The Kier molecular flexibility index (Phi) is 5.00. The first kappa shape index (κ1) is 19.0. The fraction of sp³-hybridized carbons (Fsp3) is 0.286.